The van der Waals surface area contributed by atoms with Crippen LogP contribution in [0.5, 0.6) is 0 Å². The Bertz CT molecular complexity index is 1350. The highest BCUT2D eigenvalue weighted by atomic mass is 35.5. The normalized spacial score (nSPS) is 11.3. The Morgan fingerprint density at radius 2 is 1.84 bits per heavy atom. The Morgan fingerprint density at radius 3 is 2.48 bits per heavy atom. The molecule has 31 heavy (non-hydrogen) atoms. The molecule has 4 aromatic rings. The maximum absolute atomic E-state index is 12.9. The van der Waals surface area contributed by atoms with Crippen molar-refractivity contribution in [2.45, 2.75) is 11.8 Å². The smallest absolute Gasteiger partial charge is 0.261 e. The molecule has 0 spiro atoms. The summed E-state index contributed by atoms with van der Waals surface area (Å²) < 4.78 is 33.7. The molecular formula is C21H15ClN4O4S. The first-order valence-electron chi connectivity index (χ1n) is 9.01. The van der Waals surface area contributed by atoms with Gasteiger partial charge in [-0.05, 0) is 54.6 Å². The van der Waals surface area contributed by atoms with Crippen LogP contribution in [0.3, 0.4) is 0 Å². The molecule has 1 N–H and O–H groups in total. The van der Waals surface area contributed by atoms with Gasteiger partial charge in [0.05, 0.1) is 10.6 Å². The van der Waals surface area contributed by atoms with Gasteiger partial charge in [0.25, 0.3) is 10.0 Å². The van der Waals surface area contributed by atoms with E-state index in [4.69, 9.17) is 16.0 Å². The molecule has 0 aliphatic heterocycles. The molecule has 0 atom stereocenters. The Labute approximate surface area is 183 Å². The molecule has 0 saturated heterocycles. The third kappa shape index (κ3) is 4.47. The largest absolute Gasteiger partial charge is 0.421 e. The van der Waals surface area contributed by atoms with Crippen molar-refractivity contribution in [3.63, 3.8) is 0 Å². The topological polar surface area (TPSA) is 115 Å². The minimum absolute atomic E-state index is 0.00205. The van der Waals surface area contributed by atoms with Crippen LogP contribution in [0.25, 0.3) is 11.5 Å². The van der Waals surface area contributed by atoms with Gasteiger partial charge in [0.2, 0.25) is 11.8 Å². The number of halogens is 1. The van der Waals surface area contributed by atoms with E-state index in [1.807, 2.05) is 0 Å². The molecule has 2 aromatic carbocycles. The number of pyridine rings is 1. The molecule has 8 nitrogen and oxygen atoms in total. The monoisotopic (exact) mass is 454 g/mol. The number of aromatic nitrogens is 3. The van der Waals surface area contributed by atoms with Gasteiger partial charge < -0.3 is 4.42 Å². The Balaban J connectivity index is 1.65. The van der Waals surface area contributed by atoms with E-state index in [9.17, 15) is 13.2 Å². The fourth-order valence-electron chi connectivity index (χ4n) is 2.84. The van der Waals surface area contributed by atoms with Gasteiger partial charge in [0.15, 0.2) is 5.78 Å². The lowest BCUT2D eigenvalue weighted by molar-refractivity contribution is 0.103. The van der Waals surface area contributed by atoms with E-state index in [0.29, 0.717) is 22.0 Å². The second kappa shape index (κ2) is 8.29. The minimum Gasteiger partial charge on any atom is -0.421 e. The number of sulfonamides is 1. The number of anilines is 1. The van der Waals surface area contributed by atoms with Crippen molar-refractivity contribution in [1.82, 2.24) is 15.2 Å². The van der Waals surface area contributed by atoms with Gasteiger partial charge >= 0.3 is 0 Å². The van der Waals surface area contributed by atoms with E-state index in [2.05, 4.69) is 19.9 Å². The zero-order valence-corrected chi connectivity index (χ0v) is 17.7. The lowest BCUT2D eigenvalue weighted by Gasteiger charge is -2.13. The third-order valence-electron chi connectivity index (χ3n) is 4.33. The molecule has 0 aliphatic rings. The van der Waals surface area contributed by atoms with Gasteiger partial charge in [-0.3, -0.25) is 14.5 Å². The quantitative estimate of drug-likeness (QED) is 0.435. The number of nitrogens with zero attached hydrogens (tertiary/aromatic N) is 3. The van der Waals surface area contributed by atoms with E-state index in [-0.39, 0.29) is 22.0 Å². The molecule has 0 saturated carbocycles. The van der Waals surface area contributed by atoms with Crippen molar-refractivity contribution in [2.75, 3.05) is 4.72 Å². The first kappa shape index (κ1) is 20.7. The number of hydrogen-bond acceptors (Lipinski definition) is 7. The van der Waals surface area contributed by atoms with Crippen molar-refractivity contribution in [1.29, 1.82) is 0 Å². The van der Waals surface area contributed by atoms with Crippen molar-refractivity contribution < 1.29 is 17.6 Å². The number of hydrogen-bond donors (Lipinski definition) is 1. The van der Waals surface area contributed by atoms with E-state index in [0.717, 1.165) is 0 Å². The number of benzene rings is 2. The van der Waals surface area contributed by atoms with E-state index < -0.39 is 15.8 Å². The molecule has 2 aromatic heterocycles. The van der Waals surface area contributed by atoms with Gasteiger partial charge in [-0.25, -0.2) is 8.42 Å². The van der Waals surface area contributed by atoms with Crippen LogP contribution in [0.2, 0.25) is 5.02 Å². The number of carbonyl (C=O) groups is 1. The molecule has 0 aliphatic carbocycles. The summed E-state index contributed by atoms with van der Waals surface area (Å²) in [6.07, 6.45) is 2.94. The molecule has 0 radical (unpaired) electrons. The summed E-state index contributed by atoms with van der Waals surface area (Å²) in [6.45, 7) is 1.66. The molecular weight excluding hydrogens is 440 g/mol. The van der Waals surface area contributed by atoms with Crippen LogP contribution in [0, 0.1) is 6.92 Å². The summed E-state index contributed by atoms with van der Waals surface area (Å²) in [5.41, 5.74) is 1.11. The van der Waals surface area contributed by atoms with E-state index in [1.54, 1.807) is 31.2 Å². The van der Waals surface area contributed by atoms with Gasteiger partial charge in [0.1, 0.15) is 0 Å². The molecule has 0 amide bonds. The predicted molar refractivity (Wildman–Crippen MR) is 114 cm³/mol. The lowest BCUT2D eigenvalue weighted by Crippen LogP contribution is -2.16. The highest BCUT2D eigenvalue weighted by molar-refractivity contribution is 7.92. The summed E-state index contributed by atoms with van der Waals surface area (Å²) in [5, 5.41) is 7.96. The molecule has 2 heterocycles. The van der Waals surface area contributed by atoms with E-state index >= 15 is 0 Å². The number of aryl methyl sites for hydroxylation is 1. The summed E-state index contributed by atoms with van der Waals surface area (Å²) in [7, 11) is -3.99. The molecule has 10 heteroatoms. The third-order valence-corrected chi connectivity index (χ3v) is 5.95. The zero-order valence-electron chi connectivity index (χ0n) is 16.1. The van der Waals surface area contributed by atoms with Crippen LogP contribution in [-0.2, 0) is 10.0 Å². The van der Waals surface area contributed by atoms with Crippen LogP contribution in [0.1, 0.15) is 21.8 Å². The van der Waals surface area contributed by atoms with Crippen LogP contribution < -0.4 is 4.72 Å². The van der Waals surface area contributed by atoms with Crippen molar-refractivity contribution in [3.05, 3.63) is 89.0 Å². The predicted octanol–water partition coefficient (Wildman–Crippen LogP) is 4.13. The maximum Gasteiger partial charge on any atom is 0.261 e. The Morgan fingerprint density at radius 1 is 1.06 bits per heavy atom. The summed E-state index contributed by atoms with van der Waals surface area (Å²) in [6, 6.07) is 13.5. The highest BCUT2D eigenvalue weighted by Crippen LogP contribution is 2.27. The first-order chi connectivity index (χ1) is 14.8. The maximum atomic E-state index is 12.9. The second-order valence-corrected chi connectivity index (χ2v) is 8.64. The van der Waals surface area contributed by atoms with Gasteiger partial charge in [0, 0.05) is 41.0 Å². The fraction of sp³-hybridized carbons (Fsp3) is 0.0476. The molecule has 0 bridgehead atoms. The average molecular weight is 455 g/mol. The Hall–Kier alpha value is -3.56. The molecule has 0 fully saturated rings. The number of ketones is 1. The number of rotatable bonds is 6. The van der Waals surface area contributed by atoms with Crippen LogP contribution >= 0.6 is 11.6 Å². The number of carbonyl (C=O) groups excluding carboxylic acids is 1. The van der Waals surface area contributed by atoms with Crippen molar-refractivity contribution >= 4 is 33.1 Å². The van der Waals surface area contributed by atoms with Crippen LogP contribution in [0.4, 0.5) is 5.69 Å². The summed E-state index contributed by atoms with van der Waals surface area (Å²) in [5.74, 6) is 0.286. The van der Waals surface area contributed by atoms with Gasteiger partial charge in [-0.15, -0.1) is 10.2 Å². The zero-order chi connectivity index (χ0) is 22.0. The van der Waals surface area contributed by atoms with Crippen LogP contribution in [-0.4, -0.2) is 29.4 Å². The second-order valence-electron chi connectivity index (χ2n) is 6.52. The van der Waals surface area contributed by atoms with Crippen molar-refractivity contribution in [2.24, 2.45) is 0 Å². The fourth-order valence-corrected chi connectivity index (χ4v) is 4.09. The SMILES string of the molecule is Cc1nnc(-c2ccc(S(=O)(=O)Nc3ccc(Cl)cc3C(=O)c3cccnc3)cc2)o1. The van der Waals surface area contributed by atoms with Crippen molar-refractivity contribution in [3.8, 4) is 11.5 Å². The van der Waals surface area contributed by atoms with Gasteiger partial charge in [-0.2, -0.15) is 0 Å². The molecule has 156 valence electrons. The van der Waals surface area contributed by atoms with E-state index in [1.165, 1.54) is 42.7 Å². The summed E-state index contributed by atoms with van der Waals surface area (Å²) >= 11 is 6.05. The Kier molecular flexibility index (Phi) is 5.53. The standard InChI is InChI=1S/C21H15ClN4O4S/c1-13-24-25-21(30-13)14-4-7-17(8-5-14)31(28,29)26-19-9-6-16(22)11-18(19)20(27)15-3-2-10-23-12-15/h2-12,26H,1H3. The first-order valence-corrected chi connectivity index (χ1v) is 10.9. The van der Waals surface area contributed by atoms with Gasteiger partial charge in [-0.1, -0.05) is 11.6 Å². The molecule has 0 unspecified atom stereocenters. The lowest BCUT2D eigenvalue weighted by atomic mass is 10.0. The average Bonchev–Trinajstić information content (AvgIpc) is 3.21. The number of nitrogens with one attached hydrogen (secondary N) is 1. The van der Waals surface area contributed by atoms with Crippen LogP contribution in [0.15, 0.2) is 76.3 Å². The minimum atomic E-state index is -3.99. The molecule has 4 rings (SSSR count). The summed E-state index contributed by atoms with van der Waals surface area (Å²) in [4.78, 5) is 16.8. The highest BCUT2D eigenvalue weighted by Gasteiger charge is 2.21.